The van der Waals surface area contributed by atoms with Crippen molar-refractivity contribution in [3.8, 4) is 0 Å². The SMILES string of the molecule is CC(=O)[C@@]1(O)[C@H](Br)C[C@@H]2[C@H]3CC[C@H]4CC(=O)CC[C@]4(C)[C@H]3CC[C@@]21C. The maximum absolute atomic E-state index is 12.4. The van der Waals surface area contributed by atoms with Gasteiger partial charge in [0.1, 0.15) is 11.4 Å². The van der Waals surface area contributed by atoms with Gasteiger partial charge in [-0.1, -0.05) is 29.8 Å². The van der Waals surface area contributed by atoms with E-state index >= 15 is 0 Å². The predicted octanol–water partition coefficient (Wildman–Crippen LogP) is 4.29. The molecule has 4 aliphatic rings. The summed E-state index contributed by atoms with van der Waals surface area (Å²) in [5.74, 6) is 2.55. The van der Waals surface area contributed by atoms with Crippen molar-refractivity contribution in [2.24, 2.45) is 34.5 Å². The van der Waals surface area contributed by atoms with Gasteiger partial charge in [-0.15, -0.1) is 0 Å². The van der Waals surface area contributed by atoms with Crippen LogP contribution in [-0.2, 0) is 9.59 Å². The molecule has 4 heteroatoms. The minimum Gasteiger partial charge on any atom is -0.380 e. The van der Waals surface area contributed by atoms with Gasteiger partial charge in [0.2, 0.25) is 0 Å². The highest BCUT2D eigenvalue weighted by Crippen LogP contribution is 2.68. The van der Waals surface area contributed by atoms with E-state index in [4.69, 9.17) is 0 Å². The zero-order valence-electron chi connectivity index (χ0n) is 15.7. The molecule has 25 heavy (non-hydrogen) atoms. The van der Waals surface area contributed by atoms with E-state index in [1.165, 1.54) is 0 Å². The van der Waals surface area contributed by atoms with Gasteiger partial charge in [0, 0.05) is 18.3 Å². The maximum Gasteiger partial charge on any atom is 0.163 e. The molecule has 1 N–H and O–H groups in total. The first kappa shape index (κ1) is 18.2. The quantitative estimate of drug-likeness (QED) is 0.655. The van der Waals surface area contributed by atoms with Crippen molar-refractivity contribution in [2.75, 3.05) is 0 Å². The molecule has 0 aromatic heterocycles. The van der Waals surface area contributed by atoms with Crippen molar-refractivity contribution in [1.82, 2.24) is 0 Å². The number of rotatable bonds is 1. The molecule has 4 saturated carbocycles. The Morgan fingerprint density at radius 1 is 1.16 bits per heavy atom. The van der Waals surface area contributed by atoms with E-state index in [0.29, 0.717) is 29.5 Å². The zero-order valence-corrected chi connectivity index (χ0v) is 17.3. The monoisotopic (exact) mass is 410 g/mol. The number of carbonyl (C=O) groups is 2. The van der Waals surface area contributed by atoms with E-state index in [1.807, 2.05) is 0 Å². The number of halogens is 1. The topological polar surface area (TPSA) is 54.4 Å². The van der Waals surface area contributed by atoms with Crippen LogP contribution in [0.5, 0.6) is 0 Å². The molecule has 8 atom stereocenters. The second kappa shape index (κ2) is 5.64. The average molecular weight is 411 g/mol. The molecule has 4 fully saturated rings. The molecule has 0 aromatic carbocycles. The van der Waals surface area contributed by atoms with Gasteiger partial charge in [0.25, 0.3) is 0 Å². The second-order valence-electron chi connectivity index (χ2n) is 9.88. The first-order chi connectivity index (χ1) is 11.6. The molecule has 4 aliphatic carbocycles. The fourth-order valence-electron chi connectivity index (χ4n) is 7.65. The first-order valence-electron chi connectivity index (χ1n) is 10.0. The minimum absolute atomic E-state index is 0.0824. The lowest BCUT2D eigenvalue weighted by atomic mass is 9.44. The number of Topliss-reactive ketones (excluding diaryl/α,β-unsaturated/α-hetero) is 2. The number of hydrogen-bond acceptors (Lipinski definition) is 3. The number of aliphatic hydroxyl groups is 1. The smallest absolute Gasteiger partial charge is 0.163 e. The zero-order chi connectivity index (χ0) is 18.2. The van der Waals surface area contributed by atoms with E-state index in [2.05, 4.69) is 29.8 Å². The maximum atomic E-state index is 12.4. The molecule has 4 rings (SSSR count). The lowest BCUT2D eigenvalue weighted by molar-refractivity contribution is -0.168. The molecule has 0 amide bonds. The van der Waals surface area contributed by atoms with Crippen molar-refractivity contribution in [2.45, 2.75) is 82.6 Å². The summed E-state index contributed by atoms with van der Waals surface area (Å²) in [5.41, 5.74) is -1.28. The number of ketones is 2. The summed E-state index contributed by atoms with van der Waals surface area (Å²) in [4.78, 5) is 24.3. The fourth-order valence-corrected chi connectivity index (χ4v) is 8.90. The van der Waals surface area contributed by atoms with Crippen LogP contribution in [-0.4, -0.2) is 27.1 Å². The van der Waals surface area contributed by atoms with Crippen molar-refractivity contribution < 1.29 is 14.7 Å². The summed E-state index contributed by atoms with van der Waals surface area (Å²) < 4.78 is 0. The standard InChI is InChI=1S/C21H31BrO3/c1-12(23)21(25)18(22)11-17-15-5-4-13-10-14(24)6-8-19(13,2)16(15)7-9-20(17,21)3/h13,15-18,25H,4-11H2,1-3H3/t13-,15-,16-,17+,18+,19-,20-,21+/m0/s1. The summed E-state index contributed by atoms with van der Waals surface area (Å²) in [6.07, 6.45) is 7.77. The van der Waals surface area contributed by atoms with Crippen LogP contribution in [0.15, 0.2) is 0 Å². The van der Waals surface area contributed by atoms with Crippen LogP contribution in [0.2, 0.25) is 0 Å². The lowest BCUT2D eigenvalue weighted by Gasteiger charge is -2.60. The first-order valence-corrected chi connectivity index (χ1v) is 11.0. The summed E-state index contributed by atoms with van der Waals surface area (Å²) >= 11 is 3.68. The van der Waals surface area contributed by atoms with Crippen LogP contribution >= 0.6 is 15.9 Å². The molecular weight excluding hydrogens is 380 g/mol. The molecule has 0 unspecified atom stereocenters. The molecule has 0 spiro atoms. The molecule has 3 nitrogen and oxygen atoms in total. The van der Waals surface area contributed by atoms with Gasteiger partial charge in [-0.2, -0.15) is 0 Å². The van der Waals surface area contributed by atoms with Gasteiger partial charge in [0.15, 0.2) is 5.78 Å². The van der Waals surface area contributed by atoms with Crippen molar-refractivity contribution >= 4 is 27.5 Å². The Kier molecular flexibility index (Phi) is 4.10. The molecule has 140 valence electrons. The van der Waals surface area contributed by atoms with Gasteiger partial charge >= 0.3 is 0 Å². The van der Waals surface area contributed by atoms with Crippen molar-refractivity contribution in [3.05, 3.63) is 0 Å². The molecule has 0 bridgehead atoms. The van der Waals surface area contributed by atoms with Crippen LogP contribution in [0, 0.1) is 34.5 Å². The summed E-state index contributed by atoms with van der Waals surface area (Å²) in [6.45, 7) is 6.15. The van der Waals surface area contributed by atoms with E-state index in [-0.39, 0.29) is 21.4 Å². The molecule has 0 heterocycles. The molecule has 0 aromatic rings. The number of fused-ring (bicyclic) bond motifs is 5. The molecule has 0 aliphatic heterocycles. The number of alkyl halides is 1. The van der Waals surface area contributed by atoms with Crippen molar-refractivity contribution in [1.29, 1.82) is 0 Å². The molecule has 0 saturated heterocycles. The highest BCUT2D eigenvalue weighted by atomic mass is 79.9. The third-order valence-electron chi connectivity index (χ3n) is 9.19. The average Bonchev–Trinajstić information content (AvgIpc) is 2.77. The van der Waals surface area contributed by atoms with Gasteiger partial charge in [-0.3, -0.25) is 9.59 Å². The van der Waals surface area contributed by atoms with Gasteiger partial charge in [0.05, 0.1) is 4.83 Å². The van der Waals surface area contributed by atoms with Crippen molar-refractivity contribution in [3.63, 3.8) is 0 Å². The van der Waals surface area contributed by atoms with Crippen LogP contribution in [0.25, 0.3) is 0 Å². The predicted molar refractivity (Wildman–Crippen MR) is 100 cm³/mol. The van der Waals surface area contributed by atoms with Gasteiger partial charge in [-0.25, -0.2) is 0 Å². The summed E-state index contributed by atoms with van der Waals surface area (Å²) in [7, 11) is 0. The van der Waals surface area contributed by atoms with E-state index < -0.39 is 5.60 Å². The highest BCUT2D eigenvalue weighted by Gasteiger charge is 2.69. The Bertz CT molecular complexity index is 618. The Balaban J connectivity index is 1.68. The minimum atomic E-state index is -1.23. The summed E-state index contributed by atoms with van der Waals surface area (Å²) in [5, 5.41) is 11.4. The molecular formula is C21H31BrO3. The van der Waals surface area contributed by atoms with Gasteiger partial charge in [-0.05, 0) is 74.5 Å². The normalized spacial score (nSPS) is 55.2. The second-order valence-corrected chi connectivity index (χ2v) is 11.0. The van der Waals surface area contributed by atoms with Crippen LogP contribution in [0.1, 0.15) is 72.1 Å². The number of hydrogen-bond donors (Lipinski definition) is 1. The van der Waals surface area contributed by atoms with E-state index in [1.54, 1.807) is 6.92 Å². The Labute approximate surface area is 159 Å². The van der Waals surface area contributed by atoms with Gasteiger partial charge < -0.3 is 5.11 Å². The van der Waals surface area contributed by atoms with E-state index in [0.717, 1.165) is 51.4 Å². The Morgan fingerprint density at radius 3 is 2.56 bits per heavy atom. The van der Waals surface area contributed by atoms with Crippen LogP contribution < -0.4 is 0 Å². The third-order valence-corrected chi connectivity index (χ3v) is 10.2. The van der Waals surface area contributed by atoms with Crippen LogP contribution in [0.4, 0.5) is 0 Å². The molecule has 0 radical (unpaired) electrons. The Morgan fingerprint density at radius 2 is 1.88 bits per heavy atom. The lowest BCUT2D eigenvalue weighted by Crippen LogP contribution is -2.59. The third kappa shape index (κ3) is 2.19. The number of carbonyl (C=O) groups excluding carboxylic acids is 2. The largest absolute Gasteiger partial charge is 0.380 e. The summed E-state index contributed by atoms with van der Waals surface area (Å²) in [6, 6.07) is 0. The highest BCUT2D eigenvalue weighted by molar-refractivity contribution is 9.09. The Hall–Kier alpha value is -0.220. The van der Waals surface area contributed by atoms with Crippen LogP contribution in [0.3, 0.4) is 0 Å². The van der Waals surface area contributed by atoms with E-state index in [9.17, 15) is 14.7 Å². The fraction of sp³-hybridized carbons (Fsp3) is 0.905.